The third kappa shape index (κ3) is 3.44. The average Bonchev–Trinajstić information content (AvgIpc) is 2.93. The van der Waals surface area contributed by atoms with Crippen molar-refractivity contribution in [1.29, 1.82) is 0 Å². The highest BCUT2D eigenvalue weighted by Gasteiger charge is 2.04. The SMILES string of the molecule is CCn1cc(/C=C/C(=O)c2ccc(C(C)C)cc2)cn1. The van der Waals surface area contributed by atoms with Crippen molar-refractivity contribution < 1.29 is 4.79 Å². The predicted molar refractivity (Wildman–Crippen MR) is 81.8 cm³/mol. The quantitative estimate of drug-likeness (QED) is 0.608. The molecule has 1 aromatic heterocycles. The van der Waals surface area contributed by atoms with Crippen molar-refractivity contribution in [3.8, 4) is 0 Å². The van der Waals surface area contributed by atoms with E-state index in [0.717, 1.165) is 12.1 Å². The van der Waals surface area contributed by atoms with E-state index in [1.165, 1.54) is 5.56 Å². The molecular weight excluding hydrogens is 248 g/mol. The molecular formula is C17H20N2O. The van der Waals surface area contributed by atoms with Gasteiger partial charge in [0.1, 0.15) is 0 Å². The first-order valence-electron chi connectivity index (χ1n) is 6.95. The van der Waals surface area contributed by atoms with E-state index in [4.69, 9.17) is 0 Å². The molecule has 0 fully saturated rings. The fourth-order valence-electron chi connectivity index (χ4n) is 1.94. The Bertz CT molecular complexity index is 606. The van der Waals surface area contributed by atoms with Gasteiger partial charge in [-0.1, -0.05) is 38.1 Å². The van der Waals surface area contributed by atoms with Gasteiger partial charge in [-0.2, -0.15) is 5.10 Å². The van der Waals surface area contributed by atoms with Gasteiger partial charge in [0.05, 0.1) is 6.20 Å². The highest BCUT2D eigenvalue weighted by atomic mass is 16.1. The molecule has 3 nitrogen and oxygen atoms in total. The van der Waals surface area contributed by atoms with Crippen LogP contribution in [0.25, 0.3) is 6.08 Å². The second-order valence-corrected chi connectivity index (χ2v) is 5.10. The third-order valence-corrected chi connectivity index (χ3v) is 3.27. The predicted octanol–water partition coefficient (Wildman–Crippen LogP) is 3.92. The van der Waals surface area contributed by atoms with E-state index in [1.807, 2.05) is 42.1 Å². The Kier molecular flexibility index (Phi) is 4.51. The maximum Gasteiger partial charge on any atom is 0.185 e. The van der Waals surface area contributed by atoms with Crippen LogP contribution in [-0.2, 0) is 6.54 Å². The van der Waals surface area contributed by atoms with Crippen LogP contribution in [0.5, 0.6) is 0 Å². The van der Waals surface area contributed by atoms with E-state index in [9.17, 15) is 4.79 Å². The summed E-state index contributed by atoms with van der Waals surface area (Å²) in [7, 11) is 0. The van der Waals surface area contributed by atoms with Crippen molar-refractivity contribution in [1.82, 2.24) is 9.78 Å². The first-order valence-corrected chi connectivity index (χ1v) is 6.95. The van der Waals surface area contributed by atoms with Crippen molar-refractivity contribution in [2.45, 2.75) is 33.2 Å². The van der Waals surface area contributed by atoms with Gasteiger partial charge < -0.3 is 0 Å². The van der Waals surface area contributed by atoms with Crippen molar-refractivity contribution in [3.05, 3.63) is 59.4 Å². The lowest BCUT2D eigenvalue weighted by Crippen LogP contribution is -1.95. The van der Waals surface area contributed by atoms with Gasteiger partial charge in [-0.05, 0) is 30.6 Å². The Morgan fingerprint density at radius 2 is 2.00 bits per heavy atom. The zero-order valence-corrected chi connectivity index (χ0v) is 12.2. The molecule has 0 radical (unpaired) electrons. The number of carbonyl (C=O) groups excluding carboxylic acids is 1. The highest BCUT2D eigenvalue weighted by molar-refractivity contribution is 6.06. The van der Waals surface area contributed by atoms with E-state index < -0.39 is 0 Å². The topological polar surface area (TPSA) is 34.9 Å². The van der Waals surface area contributed by atoms with E-state index in [-0.39, 0.29) is 5.78 Å². The minimum absolute atomic E-state index is 0.0181. The lowest BCUT2D eigenvalue weighted by atomic mass is 10.0. The molecule has 3 heteroatoms. The molecule has 0 aliphatic carbocycles. The van der Waals surface area contributed by atoms with Crippen LogP contribution in [0, 0.1) is 0 Å². The Morgan fingerprint density at radius 1 is 1.30 bits per heavy atom. The number of hydrogen-bond donors (Lipinski definition) is 0. The van der Waals surface area contributed by atoms with Gasteiger partial charge in [-0.25, -0.2) is 0 Å². The summed E-state index contributed by atoms with van der Waals surface area (Å²) in [5.74, 6) is 0.499. The van der Waals surface area contributed by atoms with Gasteiger partial charge in [0.15, 0.2) is 5.78 Å². The number of aryl methyl sites for hydroxylation is 1. The number of ketones is 1. The fourth-order valence-corrected chi connectivity index (χ4v) is 1.94. The number of carbonyl (C=O) groups is 1. The molecule has 0 saturated heterocycles. The summed E-state index contributed by atoms with van der Waals surface area (Å²) < 4.78 is 1.83. The van der Waals surface area contributed by atoms with Gasteiger partial charge in [-0.3, -0.25) is 9.48 Å². The zero-order valence-electron chi connectivity index (χ0n) is 12.2. The first kappa shape index (κ1) is 14.3. The number of rotatable bonds is 5. The molecule has 0 bridgehead atoms. The van der Waals surface area contributed by atoms with Gasteiger partial charge in [0, 0.05) is 23.9 Å². The summed E-state index contributed by atoms with van der Waals surface area (Å²) in [5.41, 5.74) is 2.90. The van der Waals surface area contributed by atoms with Gasteiger partial charge in [0.2, 0.25) is 0 Å². The fraction of sp³-hybridized carbons (Fsp3) is 0.294. The number of hydrogen-bond acceptors (Lipinski definition) is 2. The van der Waals surface area contributed by atoms with Crippen molar-refractivity contribution in [2.24, 2.45) is 0 Å². The summed E-state index contributed by atoms with van der Waals surface area (Å²) in [6.07, 6.45) is 7.08. The van der Waals surface area contributed by atoms with Crippen LogP contribution >= 0.6 is 0 Å². The molecule has 0 aliphatic heterocycles. The molecule has 20 heavy (non-hydrogen) atoms. The molecule has 104 valence electrons. The molecule has 0 atom stereocenters. The van der Waals surface area contributed by atoms with Crippen LogP contribution in [0.2, 0.25) is 0 Å². The van der Waals surface area contributed by atoms with Crippen LogP contribution in [-0.4, -0.2) is 15.6 Å². The molecule has 1 aromatic carbocycles. The number of aromatic nitrogens is 2. The molecule has 0 aliphatic rings. The summed E-state index contributed by atoms with van der Waals surface area (Å²) in [5, 5.41) is 4.17. The van der Waals surface area contributed by atoms with Crippen LogP contribution < -0.4 is 0 Å². The van der Waals surface area contributed by atoms with E-state index in [2.05, 4.69) is 18.9 Å². The summed E-state index contributed by atoms with van der Waals surface area (Å²) in [6, 6.07) is 7.80. The number of benzene rings is 1. The zero-order chi connectivity index (χ0) is 14.5. The number of nitrogens with zero attached hydrogens (tertiary/aromatic N) is 2. The maximum absolute atomic E-state index is 12.1. The van der Waals surface area contributed by atoms with Gasteiger partial charge in [-0.15, -0.1) is 0 Å². The molecule has 0 spiro atoms. The number of allylic oxidation sites excluding steroid dienone is 1. The van der Waals surface area contributed by atoms with Gasteiger partial charge >= 0.3 is 0 Å². The lowest BCUT2D eigenvalue weighted by molar-refractivity contribution is 0.104. The van der Waals surface area contributed by atoms with E-state index in [0.29, 0.717) is 11.5 Å². The standard InChI is InChI=1S/C17H20N2O/c1-4-19-12-14(11-18-19)5-10-17(20)16-8-6-15(7-9-16)13(2)3/h5-13H,4H2,1-3H3/b10-5+. The average molecular weight is 268 g/mol. The smallest absolute Gasteiger partial charge is 0.185 e. The van der Waals surface area contributed by atoms with Crippen LogP contribution in [0.15, 0.2) is 42.7 Å². The van der Waals surface area contributed by atoms with Crippen LogP contribution in [0.3, 0.4) is 0 Å². The van der Waals surface area contributed by atoms with Crippen LogP contribution in [0.4, 0.5) is 0 Å². The van der Waals surface area contributed by atoms with Crippen molar-refractivity contribution in [2.75, 3.05) is 0 Å². The molecule has 2 aromatic rings. The molecule has 0 unspecified atom stereocenters. The van der Waals surface area contributed by atoms with Crippen molar-refractivity contribution >= 4 is 11.9 Å². The normalized spacial score (nSPS) is 11.4. The second-order valence-electron chi connectivity index (χ2n) is 5.10. The minimum atomic E-state index is 0.0181. The largest absolute Gasteiger partial charge is 0.289 e. The Hall–Kier alpha value is -2.16. The van der Waals surface area contributed by atoms with Gasteiger partial charge in [0.25, 0.3) is 0 Å². The lowest BCUT2D eigenvalue weighted by Gasteiger charge is -2.04. The maximum atomic E-state index is 12.1. The van der Waals surface area contributed by atoms with Crippen LogP contribution in [0.1, 0.15) is 48.2 Å². The Labute approximate surface area is 119 Å². The molecule has 0 amide bonds. The molecule has 0 N–H and O–H groups in total. The summed E-state index contributed by atoms with van der Waals surface area (Å²) >= 11 is 0. The minimum Gasteiger partial charge on any atom is -0.289 e. The Balaban J connectivity index is 2.07. The molecule has 0 saturated carbocycles. The molecule has 1 heterocycles. The third-order valence-electron chi connectivity index (χ3n) is 3.27. The highest BCUT2D eigenvalue weighted by Crippen LogP contribution is 2.15. The Morgan fingerprint density at radius 3 is 2.55 bits per heavy atom. The molecule has 2 rings (SSSR count). The first-order chi connectivity index (χ1) is 9.60. The summed E-state index contributed by atoms with van der Waals surface area (Å²) in [4.78, 5) is 12.1. The van der Waals surface area contributed by atoms with E-state index >= 15 is 0 Å². The second kappa shape index (κ2) is 6.33. The summed E-state index contributed by atoms with van der Waals surface area (Å²) in [6.45, 7) is 7.14. The van der Waals surface area contributed by atoms with Crippen molar-refractivity contribution in [3.63, 3.8) is 0 Å². The van der Waals surface area contributed by atoms with E-state index in [1.54, 1.807) is 18.3 Å². The monoisotopic (exact) mass is 268 g/mol.